The van der Waals surface area contributed by atoms with Crippen LogP contribution in [0.25, 0.3) is 0 Å². The van der Waals surface area contributed by atoms with Crippen molar-refractivity contribution in [3.63, 3.8) is 0 Å². The molecule has 0 radical (unpaired) electrons. The average Bonchev–Trinajstić information content (AvgIpc) is 2.39. The number of hydrogen-bond donors (Lipinski definition) is 1. The van der Waals surface area contributed by atoms with Gasteiger partial charge in [-0.05, 0) is 32.2 Å². The maximum atomic E-state index is 5.69. The van der Waals surface area contributed by atoms with Gasteiger partial charge in [-0.15, -0.1) is 0 Å². The molecule has 2 N–H and O–H groups in total. The molecule has 2 rings (SSSR count). The SMILES string of the molecule is CSc1nc(N)cc(OCCN2CCCCC2)n1. The quantitative estimate of drug-likeness (QED) is 0.647. The van der Waals surface area contributed by atoms with Crippen LogP contribution in [0.3, 0.4) is 0 Å². The zero-order valence-corrected chi connectivity index (χ0v) is 11.6. The van der Waals surface area contributed by atoms with Crippen LogP contribution in [0.1, 0.15) is 19.3 Å². The lowest BCUT2D eigenvalue weighted by Crippen LogP contribution is -2.33. The first-order valence-electron chi connectivity index (χ1n) is 6.31. The predicted octanol–water partition coefficient (Wildman–Crippen LogP) is 1.65. The first-order chi connectivity index (χ1) is 8.78. The van der Waals surface area contributed by atoms with Crippen molar-refractivity contribution in [2.45, 2.75) is 24.4 Å². The summed E-state index contributed by atoms with van der Waals surface area (Å²) >= 11 is 1.47. The molecule has 6 heteroatoms. The first-order valence-corrected chi connectivity index (χ1v) is 7.54. The van der Waals surface area contributed by atoms with Crippen LogP contribution in [0.5, 0.6) is 5.88 Å². The molecule has 18 heavy (non-hydrogen) atoms. The smallest absolute Gasteiger partial charge is 0.219 e. The van der Waals surface area contributed by atoms with Gasteiger partial charge >= 0.3 is 0 Å². The highest BCUT2D eigenvalue weighted by atomic mass is 32.2. The Hall–Kier alpha value is -1.01. The Morgan fingerprint density at radius 2 is 2.11 bits per heavy atom. The van der Waals surface area contributed by atoms with Gasteiger partial charge in [-0.2, -0.15) is 4.98 Å². The Bertz CT molecular complexity index is 382. The van der Waals surface area contributed by atoms with E-state index in [0.29, 0.717) is 23.5 Å². The predicted molar refractivity (Wildman–Crippen MR) is 74.0 cm³/mol. The van der Waals surface area contributed by atoms with E-state index in [1.807, 2.05) is 6.26 Å². The molecule has 2 heterocycles. The molecular weight excluding hydrogens is 248 g/mol. The molecule has 0 saturated carbocycles. The number of piperidine rings is 1. The van der Waals surface area contributed by atoms with Crippen molar-refractivity contribution >= 4 is 17.6 Å². The maximum Gasteiger partial charge on any atom is 0.219 e. The zero-order valence-electron chi connectivity index (χ0n) is 10.8. The van der Waals surface area contributed by atoms with E-state index in [-0.39, 0.29) is 0 Å². The van der Waals surface area contributed by atoms with E-state index >= 15 is 0 Å². The summed E-state index contributed by atoms with van der Waals surface area (Å²) in [5.41, 5.74) is 5.69. The van der Waals surface area contributed by atoms with E-state index in [4.69, 9.17) is 10.5 Å². The molecule has 0 amide bonds. The number of nitrogens with two attached hydrogens (primary N) is 1. The minimum absolute atomic E-state index is 0.460. The minimum atomic E-state index is 0.460. The zero-order chi connectivity index (χ0) is 12.8. The fraction of sp³-hybridized carbons (Fsp3) is 0.667. The summed E-state index contributed by atoms with van der Waals surface area (Å²) in [7, 11) is 0. The molecule has 1 aromatic heterocycles. The summed E-state index contributed by atoms with van der Waals surface area (Å²) in [5, 5.41) is 0.656. The Balaban J connectivity index is 1.80. The Kier molecular flexibility index (Phi) is 5.07. The van der Waals surface area contributed by atoms with Gasteiger partial charge in [0.1, 0.15) is 12.4 Å². The molecule has 1 fully saturated rings. The summed E-state index contributed by atoms with van der Waals surface area (Å²) in [4.78, 5) is 10.8. The molecular formula is C12H20N4OS. The number of aromatic nitrogens is 2. The number of nitrogens with zero attached hydrogens (tertiary/aromatic N) is 3. The van der Waals surface area contributed by atoms with Crippen LogP contribution in [0.4, 0.5) is 5.82 Å². The topological polar surface area (TPSA) is 64.3 Å². The second-order valence-corrected chi connectivity index (χ2v) is 5.14. The van der Waals surface area contributed by atoms with E-state index in [1.54, 1.807) is 6.07 Å². The fourth-order valence-electron chi connectivity index (χ4n) is 2.05. The second kappa shape index (κ2) is 6.80. The third kappa shape index (κ3) is 4.03. The van der Waals surface area contributed by atoms with Crippen molar-refractivity contribution in [2.75, 3.05) is 38.2 Å². The highest BCUT2D eigenvalue weighted by molar-refractivity contribution is 7.98. The summed E-state index contributed by atoms with van der Waals surface area (Å²) in [6, 6.07) is 1.68. The van der Waals surface area contributed by atoms with Gasteiger partial charge in [0.2, 0.25) is 5.88 Å². The standard InChI is InChI=1S/C12H20N4OS/c1-18-12-14-10(13)9-11(15-12)17-8-7-16-5-3-2-4-6-16/h9H,2-8H2,1H3,(H2,13,14,15). The van der Waals surface area contributed by atoms with E-state index in [2.05, 4.69) is 14.9 Å². The molecule has 1 aromatic rings. The van der Waals surface area contributed by atoms with Gasteiger partial charge in [-0.25, -0.2) is 4.98 Å². The first kappa shape index (κ1) is 13.4. The minimum Gasteiger partial charge on any atom is -0.476 e. The number of ether oxygens (including phenoxy) is 1. The lowest BCUT2D eigenvalue weighted by Gasteiger charge is -2.26. The maximum absolute atomic E-state index is 5.69. The van der Waals surface area contributed by atoms with Crippen LogP contribution in [0, 0.1) is 0 Å². The molecule has 0 bridgehead atoms. The van der Waals surface area contributed by atoms with Gasteiger partial charge in [0.05, 0.1) is 0 Å². The van der Waals surface area contributed by atoms with Crippen LogP contribution < -0.4 is 10.5 Å². The molecule has 0 aliphatic carbocycles. The van der Waals surface area contributed by atoms with Crippen molar-refractivity contribution in [1.29, 1.82) is 0 Å². The van der Waals surface area contributed by atoms with Crippen LogP contribution in [0.15, 0.2) is 11.2 Å². The number of nitrogen functional groups attached to an aromatic ring is 1. The number of thioether (sulfide) groups is 1. The van der Waals surface area contributed by atoms with E-state index < -0.39 is 0 Å². The summed E-state index contributed by atoms with van der Waals surface area (Å²) < 4.78 is 5.65. The van der Waals surface area contributed by atoms with Gasteiger partial charge in [0, 0.05) is 12.6 Å². The van der Waals surface area contributed by atoms with Crippen LogP contribution in [0.2, 0.25) is 0 Å². The molecule has 1 saturated heterocycles. The molecule has 0 unspecified atom stereocenters. The highest BCUT2D eigenvalue weighted by Crippen LogP contribution is 2.17. The van der Waals surface area contributed by atoms with Gasteiger partial charge in [-0.3, -0.25) is 4.90 Å². The van der Waals surface area contributed by atoms with Gasteiger partial charge in [0.15, 0.2) is 5.16 Å². The fourth-order valence-corrected chi connectivity index (χ4v) is 2.43. The van der Waals surface area contributed by atoms with E-state index in [9.17, 15) is 0 Å². The van der Waals surface area contributed by atoms with Crippen molar-refractivity contribution in [2.24, 2.45) is 0 Å². The number of anilines is 1. The monoisotopic (exact) mass is 268 g/mol. The Morgan fingerprint density at radius 1 is 1.33 bits per heavy atom. The molecule has 1 aliphatic heterocycles. The second-order valence-electron chi connectivity index (χ2n) is 4.37. The Labute approximate surface area is 112 Å². The summed E-state index contributed by atoms with van der Waals surface area (Å²) in [5.74, 6) is 1.03. The molecule has 0 aromatic carbocycles. The summed E-state index contributed by atoms with van der Waals surface area (Å²) in [6.07, 6.45) is 5.89. The van der Waals surface area contributed by atoms with Crippen molar-refractivity contribution in [3.05, 3.63) is 6.07 Å². The molecule has 5 nitrogen and oxygen atoms in total. The van der Waals surface area contributed by atoms with E-state index in [1.165, 1.54) is 44.1 Å². The lowest BCUT2D eigenvalue weighted by atomic mass is 10.1. The molecule has 0 spiro atoms. The molecule has 0 atom stereocenters. The van der Waals surface area contributed by atoms with Crippen LogP contribution in [-0.4, -0.2) is 47.4 Å². The molecule has 100 valence electrons. The summed E-state index contributed by atoms with van der Waals surface area (Å²) in [6.45, 7) is 3.99. The van der Waals surface area contributed by atoms with Gasteiger partial charge in [0.25, 0.3) is 0 Å². The van der Waals surface area contributed by atoms with Gasteiger partial charge in [-0.1, -0.05) is 18.2 Å². The van der Waals surface area contributed by atoms with Crippen molar-refractivity contribution in [3.8, 4) is 5.88 Å². The third-order valence-electron chi connectivity index (χ3n) is 2.99. The highest BCUT2D eigenvalue weighted by Gasteiger charge is 2.10. The van der Waals surface area contributed by atoms with Crippen molar-refractivity contribution < 1.29 is 4.74 Å². The number of hydrogen-bond acceptors (Lipinski definition) is 6. The normalized spacial score (nSPS) is 16.7. The number of rotatable bonds is 5. The van der Waals surface area contributed by atoms with Crippen molar-refractivity contribution in [1.82, 2.24) is 14.9 Å². The van der Waals surface area contributed by atoms with Crippen LogP contribution >= 0.6 is 11.8 Å². The number of likely N-dealkylation sites (tertiary alicyclic amines) is 1. The Morgan fingerprint density at radius 3 is 2.83 bits per heavy atom. The van der Waals surface area contributed by atoms with Gasteiger partial charge < -0.3 is 10.5 Å². The largest absolute Gasteiger partial charge is 0.476 e. The van der Waals surface area contributed by atoms with E-state index in [0.717, 1.165) is 6.54 Å². The molecule has 1 aliphatic rings. The average molecular weight is 268 g/mol. The van der Waals surface area contributed by atoms with Crippen LogP contribution in [-0.2, 0) is 0 Å². The lowest BCUT2D eigenvalue weighted by molar-refractivity contribution is 0.180. The third-order valence-corrected chi connectivity index (χ3v) is 3.54.